The van der Waals surface area contributed by atoms with E-state index in [1.165, 1.54) is 7.11 Å². The molecule has 0 aliphatic carbocycles. The molecule has 2 N–H and O–H groups in total. The minimum atomic E-state index is -0.683. The number of aromatic nitrogens is 2. The van der Waals surface area contributed by atoms with Gasteiger partial charge in [0.2, 0.25) is 5.88 Å². The predicted molar refractivity (Wildman–Crippen MR) is 62.2 cm³/mol. The minimum Gasteiger partial charge on any atom is -0.481 e. The van der Waals surface area contributed by atoms with Crippen LogP contribution in [-0.4, -0.2) is 23.0 Å². The summed E-state index contributed by atoms with van der Waals surface area (Å²) in [6, 6.07) is 5.15. The Labute approximate surface area is 97.6 Å². The Morgan fingerprint density at radius 2 is 2.24 bits per heavy atom. The number of methoxy groups -OCH3 is 1. The van der Waals surface area contributed by atoms with Crippen LogP contribution in [0.1, 0.15) is 5.56 Å². The molecule has 0 atom stereocenters. The smallest absolute Gasteiger partial charge is 0.293 e. The Hall–Kier alpha value is -2.61. The first-order valence-corrected chi connectivity index (χ1v) is 4.82. The molecule has 17 heavy (non-hydrogen) atoms. The zero-order chi connectivity index (χ0) is 12.3. The number of amides is 1. The van der Waals surface area contributed by atoms with Crippen molar-refractivity contribution in [1.29, 1.82) is 0 Å². The van der Waals surface area contributed by atoms with Crippen molar-refractivity contribution in [3.8, 4) is 17.7 Å². The average molecular weight is 227 g/mol. The number of carbonyl (C=O) groups is 1. The van der Waals surface area contributed by atoms with Gasteiger partial charge in [-0.3, -0.25) is 9.78 Å². The molecule has 2 heterocycles. The van der Waals surface area contributed by atoms with Gasteiger partial charge >= 0.3 is 0 Å². The molecule has 5 heteroatoms. The average Bonchev–Trinajstić information content (AvgIpc) is 2.35. The van der Waals surface area contributed by atoms with Crippen molar-refractivity contribution >= 4 is 16.9 Å². The van der Waals surface area contributed by atoms with Gasteiger partial charge in [0.1, 0.15) is 5.52 Å². The molecular weight excluding hydrogens is 218 g/mol. The Morgan fingerprint density at radius 1 is 1.41 bits per heavy atom. The lowest BCUT2D eigenvalue weighted by molar-refractivity contribution is -0.112. The van der Waals surface area contributed by atoms with Gasteiger partial charge in [-0.25, -0.2) is 4.98 Å². The Balaban J connectivity index is 2.63. The van der Waals surface area contributed by atoms with Gasteiger partial charge in [-0.2, -0.15) is 0 Å². The zero-order valence-electron chi connectivity index (χ0n) is 9.10. The maximum Gasteiger partial charge on any atom is 0.293 e. The standard InChI is InChI=1S/C12H9N3O2/c1-17-11-5-3-9-12(15-11)8(6-7-14-9)2-4-10(13)16/h3,5-7H,1H3,(H2,13,16). The van der Waals surface area contributed by atoms with E-state index < -0.39 is 5.91 Å². The fraction of sp³-hybridized carbons (Fsp3) is 0.0833. The van der Waals surface area contributed by atoms with E-state index in [0.29, 0.717) is 22.5 Å². The lowest BCUT2D eigenvalue weighted by Gasteiger charge is -2.02. The molecule has 2 rings (SSSR count). The van der Waals surface area contributed by atoms with E-state index in [1.54, 1.807) is 24.4 Å². The third-order valence-electron chi connectivity index (χ3n) is 2.09. The summed E-state index contributed by atoms with van der Waals surface area (Å²) in [6.07, 6.45) is 1.60. The van der Waals surface area contributed by atoms with Crippen LogP contribution in [0, 0.1) is 11.8 Å². The van der Waals surface area contributed by atoms with Crippen molar-refractivity contribution < 1.29 is 9.53 Å². The van der Waals surface area contributed by atoms with E-state index in [2.05, 4.69) is 21.8 Å². The Kier molecular flexibility index (Phi) is 2.88. The van der Waals surface area contributed by atoms with Gasteiger partial charge < -0.3 is 10.5 Å². The van der Waals surface area contributed by atoms with Crippen LogP contribution in [-0.2, 0) is 4.79 Å². The molecule has 0 aromatic carbocycles. The largest absolute Gasteiger partial charge is 0.481 e. The van der Waals surface area contributed by atoms with Crippen molar-refractivity contribution in [3.63, 3.8) is 0 Å². The van der Waals surface area contributed by atoms with Crippen molar-refractivity contribution in [2.75, 3.05) is 7.11 Å². The summed E-state index contributed by atoms with van der Waals surface area (Å²) in [7, 11) is 1.53. The van der Waals surface area contributed by atoms with Crippen LogP contribution in [0.4, 0.5) is 0 Å². The number of rotatable bonds is 1. The number of ether oxygens (including phenoxy) is 1. The summed E-state index contributed by atoms with van der Waals surface area (Å²) in [6.45, 7) is 0. The number of fused-ring (bicyclic) bond motifs is 1. The Bertz CT molecular complexity index is 641. The van der Waals surface area contributed by atoms with Crippen molar-refractivity contribution in [2.45, 2.75) is 0 Å². The van der Waals surface area contributed by atoms with Gasteiger partial charge in [0.25, 0.3) is 5.91 Å². The van der Waals surface area contributed by atoms with Gasteiger partial charge in [0.15, 0.2) is 0 Å². The van der Waals surface area contributed by atoms with Crippen LogP contribution in [0.3, 0.4) is 0 Å². The van der Waals surface area contributed by atoms with Crippen LogP contribution >= 0.6 is 0 Å². The SMILES string of the molecule is COc1ccc2nccc(C#CC(N)=O)c2n1. The second kappa shape index (κ2) is 4.49. The van der Waals surface area contributed by atoms with Gasteiger partial charge in [0, 0.05) is 18.2 Å². The van der Waals surface area contributed by atoms with E-state index in [4.69, 9.17) is 10.5 Å². The van der Waals surface area contributed by atoms with Crippen LogP contribution in [0.2, 0.25) is 0 Å². The molecular formula is C12H9N3O2. The fourth-order valence-electron chi connectivity index (χ4n) is 1.35. The fourth-order valence-corrected chi connectivity index (χ4v) is 1.35. The molecule has 2 aromatic rings. The van der Waals surface area contributed by atoms with Crippen molar-refractivity contribution in [3.05, 3.63) is 30.0 Å². The number of hydrogen-bond donors (Lipinski definition) is 1. The summed E-state index contributed by atoms with van der Waals surface area (Å²) in [5, 5.41) is 0. The summed E-state index contributed by atoms with van der Waals surface area (Å²) < 4.78 is 5.02. The molecule has 0 spiro atoms. The van der Waals surface area contributed by atoms with Crippen LogP contribution in [0.25, 0.3) is 11.0 Å². The highest BCUT2D eigenvalue weighted by molar-refractivity contribution is 5.93. The maximum absolute atomic E-state index is 10.6. The number of pyridine rings is 2. The zero-order valence-corrected chi connectivity index (χ0v) is 9.10. The first-order valence-electron chi connectivity index (χ1n) is 4.82. The van der Waals surface area contributed by atoms with Crippen molar-refractivity contribution in [1.82, 2.24) is 9.97 Å². The van der Waals surface area contributed by atoms with E-state index in [1.807, 2.05) is 0 Å². The first kappa shape index (κ1) is 10.9. The van der Waals surface area contributed by atoms with Gasteiger partial charge in [-0.15, -0.1) is 0 Å². The highest BCUT2D eigenvalue weighted by Crippen LogP contribution is 2.17. The highest BCUT2D eigenvalue weighted by Gasteiger charge is 2.03. The molecule has 0 aliphatic heterocycles. The molecule has 84 valence electrons. The van der Waals surface area contributed by atoms with Gasteiger partial charge in [-0.1, -0.05) is 5.92 Å². The summed E-state index contributed by atoms with van der Waals surface area (Å²) >= 11 is 0. The summed E-state index contributed by atoms with van der Waals surface area (Å²) in [4.78, 5) is 19.0. The summed E-state index contributed by atoms with van der Waals surface area (Å²) in [5.74, 6) is 4.71. The lowest BCUT2D eigenvalue weighted by Crippen LogP contribution is -2.06. The molecule has 0 radical (unpaired) electrons. The number of nitrogens with zero attached hydrogens (tertiary/aromatic N) is 2. The molecule has 0 fully saturated rings. The highest BCUT2D eigenvalue weighted by atomic mass is 16.5. The molecule has 1 amide bonds. The molecule has 0 bridgehead atoms. The molecule has 2 aromatic heterocycles. The van der Waals surface area contributed by atoms with Crippen molar-refractivity contribution in [2.24, 2.45) is 5.73 Å². The van der Waals surface area contributed by atoms with Crippen LogP contribution in [0.5, 0.6) is 5.88 Å². The number of nitrogens with two attached hydrogens (primary N) is 1. The Morgan fingerprint density at radius 3 is 2.94 bits per heavy atom. The quantitative estimate of drug-likeness (QED) is 0.718. The topological polar surface area (TPSA) is 78.1 Å². The molecule has 0 saturated carbocycles. The van der Waals surface area contributed by atoms with E-state index in [9.17, 15) is 4.79 Å². The minimum absolute atomic E-state index is 0.465. The molecule has 0 aliphatic rings. The molecule has 5 nitrogen and oxygen atoms in total. The van der Waals surface area contributed by atoms with E-state index >= 15 is 0 Å². The van der Waals surface area contributed by atoms with E-state index in [-0.39, 0.29) is 0 Å². The predicted octanol–water partition coefficient (Wildman–Crippen LogP) is 0.475. The normalized spacial score (nSPS) is 9.47. The molecule has 0 unspecified atom stereocenters. The second-order valence-electron chi connectivity index (χ2n) is 3.19. The van der Waals surface area contributed by atoms with Gasteiger partial charge in [-0.05, 0) is 12.1 Å². The van der Waals surface area contributed by atoms with E-state index in [0.717, 1.165) is 0 Å². The number of carbonyl (C=O) groups excluding carboxylic acids is 1. The second-order valence-corrected chi connectivity index (χ2v) is 3.19. The first-order chi connectivity index (χ1) is 8.20. The number of hydrogen-bond acceptors (Lipinski definition) is 4. The van der Waals surface area contributed by atoms with Crippen LogP contribution < -0.4 is 10.5 Å². The summed E-state index contributed by atoms with van der Waals surface area (Å²) in [5.41, 5.74) is 6.82. The monoisotopic (exact) mass is 227 g/mol. The third kappa shape index (κ3) is 2.32. The number of primary amides is 1. The van der Waals surface area contributed by atoms with Gasteiger partial charge in [0.05, 0.1) is 18.2 Å². The van der Waals surface area contributed by atoms with Crippen LogP contribution in [0.15, 0.2) is 24.4 Å². The lowest BCUT2D eigenvalue weighted by atomic mass is 10.2. The molecule has 0 saturated heterocycles. The maximum atomic E-state index is 10.6. The third-order valence-corrected chi connectivity index (χ3v) is 2.09.